The summed E-state index contributed by atoms with van der Waals surface area (Å²) in [6.45, 7) is 12.6. The maximum Gasteiger partial charge on any atom is 0.221 e. The molecule has 0 aromatic carbocycles. The zero-order valence-corrected chi connectivity index (χ0v) is 12.3. The summed E-state index contributed by atoms with van der Waals surface area (Å²) in [7, 11) is 0. The first-order valence-electron chi connectivity index (χ1n) is 7.23. The molecule has 0 aromatic rings. The van der Waals surface area contributed by atoms with Gasteiger partial charge < -0.3 is 10.6 Å². The molecule has 2 N–H and O–H groups in total. The van der Waals surface area contributed by atoms with Gasteiger partial charge in [0.25, 0.3) is 0 Å². The second kappa shape index (κ2) is 7.74. The predicted molar refractivity (Wildman–Crippen MR) is 75.6 cm³/mol. The van der Waals surface area contributed by atoms with Crippen molar-refractivity contribution in [3.63, 3.8) is 0 Å². The summed E-state index contributed by atoms with van der Waals surface area (Å²) >= 11 is 0. The zero-order chi connectivity index (χ0) is 13.5. The molecule has 0 aromatic heterocycles. The number of amides is 1. The highest BCUT2D eigenvalue weighted by atomic mass is 16.1. The van der Waals surface area contributed by atoms with Crippen molar-refractivity contribution in [3.05, 3.63) is 0 Å². The van der Waals surface area contributed by atoms with Gasteiger partial charge >= 0.3 is 0 Å². The summed E-state index contributed by atoms with van der Waals surface area (Å²) in [6.07, 6.45) is 1.79. The molecule has 1 aliphatic rings. The minimum atomic E-state index is 0.162. The molecule has 1 fully saturated rings. The molecule has 0 radical (unpaired) electrons. The molecule has 1 atom stereocenters. The van der Waals surface area contributed by atoms with E-state index < -0.39 is 0 Å². The molecule has 1 unspecified atom stereocenters. The molecule has 106 valence electrons. The van der Waals surface area contributed by atoms with Crippen LogP contribution in [0.15, 0.2) is 0 Å². The van der Waals surface area contributed by atoms with Crippen molar-refractivity contribution in [2.45, 2.75) is 52.6 Å². The van der Waals surface area contributed by atoms with Crippen LogP contribution in [0.3, 0.4) is 0 Å². The molecular formula is C14H29N3O. The topological polar surface area (TPSA) is 44.4 Å². The van der Waals surface area contributed by atoms with Gasteiger partial charge in [0, 0.05) is 38.1 Å². The summed E-state index contributed by atoms with van der Waals surface area (Å²) in [4.78, 5) is 14.0. The van der Waals surface area contributed by atoms with E-state index in [4.69, 9.17) is 0 Å². The van der Waals surface area contributed by atoms with Crippen LogP contribution in [0.25, 0.3) is 0 Å². The quantitative estimate of drug-likeness (QED) is 0.719. The number of nitrogens with zero attached hydrogens (tertiary/aromatic N) is 1. The van der Waals surface area contributed by atoms with E-state index in [9.17, 15) is 4.79 Å². The average Bonchev–Trinajstić information content (AvgIpc) is 2.75. The van der Waals surface area contributed by atoms with Gasteiger partial charge in [-0.15, -0.1) is 0 Å². The molecule has 0 aliphatic carbocycles. The van der Waals surface area contributed by atoms with E-state index in [2.05, 4.69) is 43.2 Å². The Kier molecular flexibility index (Phi) is 6.65. The van der Waals surface area contributed by atoms with Crippen LogP contribution in [0, 0.1) is 5.92 Å². The van der Waals surface area contributed by atoms with Gasteiger partial charge in [-0.3, -0.25) is 9.69 Å². The van der Waals surface area contributed by atoms with Gasteiger partial charge in [0.05, 0.1) is 0 Å². The number of carbonyl (C=O) groups excluding carboxylic acids is 1. The Hall–Kier alpha value is -0.610. The molecule has 0 spiro atoms. The van der Waals surface area contributed by atoms with Gasteiger partial charge in [-0.25, -0.2) is 0 Å². The van der Waals surface area contributed by atoms with Crippen molar-refractivity contribution in [3.8, 4) is 0 Å². The third kappa shape index (κ3) is 5.83. The van der Waals surface area contributed by atoms with Gasteiger partial charge in [0.15, 0.2) is 0 Å². The number of nitrogens with one attached hydrogen (secondary N) is 2. The van der Waals surface area contributed by atoms with Crippen LogP contribution in [0.1, 0.15) is 40.5 Å². The Balaban J connectivity index is 2.06. The van der Waals surface area contributed by atoms with E-state index in [0.29, 0.717) is 24.4 Å². The van der Waals surface area contributed by atoms with Crippen molar-refractivity contribution < 1.29 is 4.79 Å². The molecule has 1 rings (SSSR count). The third-order valence-electron chi connectivity index (χ3n) is 3.44. The van der Waals surface area contributed by atoms with Crippen LogP contribution in [0.2, 0.25) is 0 Å². The molecule has 1 amide bonds. The normalized spacial score (nSPS) is 20.9. The van der Waals surface area contributed by atoms with Crippen molar-refractivity contribution in [2.24, 2.45) is 5.92 Å². The number of hydrogen-bond donors (Lipinski definition) is 2. The highest BCUT2D eigenvalue weighted by Crippen LogP contribution is 2.11. The first-order valence-corrected chi connectivity index (χ1v) is 7.23. The Morgan fingerprint density at radius 2 is 2.06 bits per heavy atom. The largest absolute Gasteiger partial charge is 0.356 e. The minimum absolute atomic E-state index is 0.162. The summed E-state index contributed by atoms with van der Waals surface area (Å²) in [6, 6.07) is 1.19. The van der Waals surface area contributed by atoms with E-state index in [-0.39, 0.29) is 5.91 Å². The third-order valence-corrected chi connectivity index (χ3v) is 3.44. The van der Waals surface area contributed by atoms with E-state index >= 15 is 0 Å². The fraction of sp³-hybridized carbons (Fsp3) is 0.929. The standard InChI is InChI=1S/C14H29N3O/c1-11(2)9-16-14(18)5-7-15-13-6-8-17(10-13)12(3)4/h11-13,15H,5-10H2,1-4H3,(H,16,18). The summed E-state index contributed by atoms with van der Waals surface area (Å²) in [5.41, 5.74) is 0. The Labute approximate surface area is 111 Å². The summed E-state index contributed by atoms with van der Waals surface area (Å²) < 4.78 is 0. The number of rotatable bonds is 7. The van der Waals surface area contributed by atoms with E-state index in [1.165, 1.54) is 13.0 Å². The second-order valence-corrected chi connectivity index (χ2v) is 5.98. The second-order valence-electron chi connectivity index (χ2n) is 5.98. The fourth-order valence-electron chi connectivity index (χ4n) is 2.22. The minimum Gasteiger partial charge on any atom is -0.356 e. The molecule has 1 aliphatic heterocycles. The fourth-order valence-corrected chi connectivity index (χ4v) is 2.22. The molecule has 4 heteroatoms. The molecule has 1 heterocycles. The molecule has 18 heavy (non-hydrogen) atoms. The smallest absolute Gasteiger partial charge is 0.221 e. The van der Waals surface area contributed by atoms with Crippen molar-refractivity contribution in [1.82, 2.24) is 15.5 Å². The lowest BCUT2D eigenvalue weighted by molar-refractivity contribution is -0.121. The number of likely N-dealkylation sites (tertiary alicyclic amines) is 1. The first kappa shape index (κ1) is 15.4. The Bertz CT molecular complexity index is 253. The molecule has 0 saturated carbocycles. The zero-order valence-electron chi connectivity index (χ0n) is 12.3. The maximum atomic E-state index is 11.5. The van der Waals surface area contributed by atoms with Crippen LogP contribution in [0.5, 0.6) is 0 Å². The van der Waals surface area contributed by atoms with Crippen LogP contribution in [-0.4, -0.2) is 49.1 Å². The number of hydrogen-bond acceptors (Lipinski definition) is 3. The van der Waals surface area contributed by atoms with Crippen molar-refractivity contribution in [2.75, 3.05) is 26.2 Å². The summed E-state index contributed by atoms with van der Waals surface area (Å²) in [5.74, 6) is 0.686. The molecule has 4 nitrogen and oxygen atoms in total. The lowest BCUT2D eigenvalue weighted by Crippen LogP contribution is -2.37. The summed E-state index contributed by atoms with van der Waals surface area (Å²) in [5, 5.41) is 6.43. The first-order chi connectivity index (χ1) is 8.49. The SMILES string of the molecule is CC(C)CNC(=O)CCNC1CCN(C(C)C)C1. The monoisotopic (exact) mass is 255 g/mol. The van der Waals surface area contributed by atoms with Gasteiger partial charge in [-0.05, 0) is 32.7 Å². The van der Waals surface area contributed by atoms with E-state index in [1.807, 2.05) is 0 Å². The highest BCUT2D eigenvalue weighted by Gasteiger charge is 2.23. The van der Waals surface area contributed by atoms with Crippen LogP contribution >= 0.6 is 0 Å². The van der Waals surface area contributed by atoms with E-state index in [1.54, 1.807) is 0 Å². The average molecular weight is 255 g/mol. The van der Waals surface area contributed by atoms with Crippen molar-refractivity contribution >= 4 is 5.91 Å². The van der Waals surface area contributed by atoms with Gasteiger partial charge in [0.2, 0.25) is 5.91 Å². The molecule has 0 bridgehead atoms. The van der Waals surface area contributed by atoms with E-state index in [0.717, 1.165) is 19.6 Å². The van der Waals surface area contributed by atoms with Gasteiger partial charge in [-0.1, -0.05) is 13.8 Å². The van der Waals surface area contributed by atoms with Gasteiger partial charge in [0.1, 0.15) is 0 Å². The number of carbonyl (C=O) groups is 1. The van der Waals surface area contributed by atoms with Crippen molar-refractivity contribution in [1.29, 1.82) is 0 Å². The Morgan fingerprint density at radius 1 is 1.33 bits per heavy atom. The highest BCUT2D eigenvalue weighted by molar-refractivity contribution is 5.76. The van der Waals surface area contributed by atoms with Crippen LogP contribution in [-0.2, 0) is 4.79 Å². The van der Waals surface area contributed by atoms with Gasteiger partial charge in [-0.2, -0.15) is 0 Å². The Morgan fingerprint density at radius 3 is 2.61 bits per heavy atom. The lowest BCUT2D eigenvalue weighted by Gasteiger charge is -2.20. The van der Waals surface area contributed by atoms with Crippen LogP contribution < -0.4 is 10.6 Å². The maximum absolute atomic E-state index is 11.5. The molecule has 1 saturated heterocycles. The van der Waals surface area contributed by atoms with Crippen LogP contribution in [0.4, 0.5) is 0 Å². The molecular weight excluding hydrogens is 226 g/mol. The predicted octanol–water partition coefficient (Wildman–Crippen LogP) is 1.22. The lowest BCUT2D eigenvalue weighted by atomic mass is 10.2.